The quantitative estimate of drug-likeness (QED) is 0.321. The van der Waals surface area contributed by atoms with Gasteiger partial charge in [-0.15, -0.1) is 0 Å². The molecule has 0 spiro atoms. The molecule has 0 atom stereocenters. The maximum Gasteiger partial charge on any atom is 0.185 e. The average molecular weight is 287 g/mol. The monoisotopic (exact) mass is 287 g/mol. The molecule has 0 bridgehead atoms. The van der Waals surface area contributed by atoms with Gasteiger partial charge in [0.1, 0.15) is 18.2 Å². The molecule has 0 aliphatic heterocycles. The molecule has 0 saturated carbocycles. The highest BCUT2D eigenvalue weighted by Gasteiger charge is 2.45. The van der Waals surface area contributed by atoms with E-state index in [1.54, 1.807) is 0 Å². The molecule has 3 nitrogen and oxygen atoms in total. The van der Waals surface area contributed by atoms with Gasteiger partial charge in [0.15, 0.2) is 7.56 Å². The van der Waals surface area contributed by atoms with Crippen molar-refractivity contribution >= 4 is 7.56 Å². The van der Waals surface area contributed by atoms with Gasteiger partial charge in [-0.2, -0.15) is 9.34 Å². The Morgan fingerprint density at radius 3 is 1.74 bits per heavy atom. The highest BCUT2D eigenvalue weighted by atomic mass is 31.2. The molecular formula is C15H32N2OP+. The molecule has 0 amide bonds. The van der Waals surface area contributed by atoms with Crippen LogP contribution in [0.5, 0.6) is 0 Å². The van der Waals surface area contributed by atoms with E-state index in [0.29, 0.717) is 0 Å². The van der Waals surface area contributed by atoms with Crippen LogP contribution in [0.15, 0.2) is 24.7 Å². The molecule has 0 N–H and O–H groups in total. The Kier molecular flexibility index (Phi) is 10.2. The second-order valence-corrected chi connectivity index (χ2v) is 7.64. The number of ether oxygens (including phenoxy) is 1. The van der Waals surface area contributed by atoms with Gasteiger partial charge in [-0.25, -0.2) is 0 Å². The predicted molar refractivity (Wildman–Crippen MR) is 88.6 cm³/mol. The first-order chi connectivity index (χ1) is 9.16. The Balaban J connectivity index is 5.48. The smallest absolute Gasteiger partial charge is 0.185 e. The lowest BCUT2D eigenvalue weighted by molar-refractivity contribution is 0.269. The summed E-state index contributed by atoms with van der Waals surface area (Å²) in [5, 5.41) is 0. The van der Waals surface area contributed by atoms with Crippen molar-refractivity contribution in [2.45, 2.75) is 34.6 Å². The van der Waals surface area contributed by atoms with Crippen LogP contribution in [0.4, 0.5) is 0 Å². The predicted octanol–water partition coefficient (Wildman–Crippen LogP) is 4.21. The Morgan fingerprint density at radius 1 is 0.947 bits per heavy atom. The highest BCUT2D eigenvalue weighted by Crippen LogP contribution is 2.65. The molecule has 0 fully saturated rings. The minimum absolute atomic E-state index is 0.723. The van der Waals surface area contributed by atoms with E-state index in [2.05, 4.69) is 55.5 Å². The first-order valence-corrected chi connectivity index (χ1v) is 9.40. The van der Waals surface area contributed by atoms with Gasteiger partial charge < -0.3 is 4.74 Å². The molecule has 0 aromatic rings. The van der Waals surface area contributed by atoms with E-state index in [0.717, 1.165) is 38.9 Å². The summed E-state index contributed by atoms with van der Waals surface area (Å²) < 4.78 is 10.6. The number of allylic oxidation sites excluding steroid dienone is 1. The van der Waals surface area contributed by atoms with Crippen LogP contribution in [0.3, 0.4) is 0 Å². The molecule has 0 heterocycles. The summed E-state index contributed by atoms with van der Waals surface area (Å²) in [5.74, 6) is 2.30. The number of hydrogen-bond donors (Lipinski definition) is 0. The third-order valence-corrected chi connectivity index (χ3v) is 7.89. The maximum atomic E-state index is 5.47. The van der Waals surface area contributed by atoms with Crippen molar-refractivity contribution in [3.05, 3.63) is 24.7 Å². The van der Waals surface area contributed by atoms with Crippen molar-refractivity contribution in [3.63, 3.8) is 0 Å². The fourth-order valence-electron chi connectivity index (χ4n) is 2.51. The van der Waals surface area contributed by atoms with Gasteiger partial charge in [0.25, 0.3) is 0 Å². The molecule has 4 heteroatoms. The number of hydrogen-bond acceptors (Lipinski definition) is 3. The first-order valence-electron chi connectivity index (χ1n) is 7.45. The lowest BCUT2D eigenvalue weighted by Gasteiger charge is -2.39. The Hall–Kier alpha value is -0.370. The minimum Gasteiger partial charge on any atom is -0.498 e. The van der Waals surface area contributed by atoms with E-state index in [9.17, 15) is 0 Å². The molecular weight excluding hydrogens is 255 g/mol. The van der Waals surface area contributed by atoms with Gasteiger partial charge in [0, 0.05) is 26.2 Å². The zero-order valence-corrected chi connectivity index (χ0v) is 14.3. The van der Waals surface area contributed by atoms with Crippen molar-refractivity contribution < 1.29 is 4.74 Å². The summed E-state index contributed by atoms with van der Waals surface area (Å²) in [7, 11) is -1.50. The number of nitrogens with zero attached hydrogens (tertiary/aromatic N) is 2. The van der Waals surface area contributed by atoms with Crippen LogP contribution < -0.4 is 0 Å². The molecule has 0 aromatic carbocycles. The number of rotatable bonds is 11. The van der Waals surface area contributed by atoms with Crippen molar-refractivity contribution in [3.8, 4) is 0 Å². The zero-order valence-electron chi connectivity index (χ0n) is 13.4. The van der Waals surface area contributed by atoms with Crippen molar-refractivity contribution in [1.29, 1.82) is 0 Å². The second-order valence-electron chi connectivity index (χ2n) is 4.28. The van der Waals surface area contributed by atoms with E-state index < -0.39 is 7.56 Å². The fraction of sp³-hybridized carbons (Fsp3) is 0.733. The standard InChI is InChI=1S/C15H32N2OP/c1-7-14-19(15-13-18-12-6,16(8-2)9-3)17(10-4)11-5/h7,13,15H,1,8-12,14H2,2-6H3/q+1/b15-13+. The van der Waals surface area contributed by atoms with Gasteiger partial charge in [0.05, 0.1) is 6.61 Å². The highest BCUT2D eigenvalue weighted by molar-refractivity contribution is 7.74. The molecule has 0 aliphatic rings. The normalized spacial score (nSPS) is 12.6. The van der Waals surface area contributed by atoms with E-state index in [-0.39, 0.29) is 0 Å². The van der Waals surface area contributed by atoms with Gasteiger partial charge in [0.2, 0.25) is 0 Å². The minimum atomic E-state index is -1.50. The third kappa shape index (κ3) is 4.91. The van der Waals surface area contributed by atoms with Gasteiger partial charge in [-0.05, 0) is 34.6 Å². The summed E-state index contributed by atoms with van der Waals surface area (Å²) in [6.07, 6.45) is 4.97. The van der Waals surface area contributed by atoms with Gasteiger partial charge >= 0.3 is 0 Å². The van der Waals surface area contributed by atoms with Gasteiger partial charge in [-0.1, -0.05) is 12.7 Å². The first kappa shape index (κ1) is 18.6. The van der Waals surface area contributed by atoms with Crippen LogP contribution in [0.2, 0.25) is 0 Å². The topological polar surface area (TPSA) is 15.7 Å². The van der Waals surface area contributed by atoms with E-state index in [1.165, 1.54) is 0 Å². The summed E-state index contributed by atoms with van der Waals surface area (Å²) in [4.78, 5) is 0. The van der Waals surface area contributed by atoms with Crippen LogP contribution in [0.25, 0.3) is 0 Å². The summed E-state index contributed by atoms with van der Waals surface area (Å²) in [5.41, 5.74) is 0. The van der Waals surface area contributed by atoms with Crippen LogP contribution in [0, 0.1) is 0 Å². The lowest BCUT2D eigenvalue weighted by Crippen LogP contribution is -2.36. The largest absolute Gasteiger partial charge is 0.498 e. The van der Waals surface area contributed by atoms with Crippen LogP contribution in [-0.4, -0.2) is 48.3 Å². The van der Waals surface area contributed by atoms with Crippen LogP contribution >= 0.6 is 7.56 Å². The molecule has 0 aliphatic carbocycles. The summed E-state index contributed by atoms with van der Waals surface area (Å²) in [6.45, 7) is 19.9. The van der Waals surface area contributed by atoms with Crippen LogP contribution in [-0.2, 0) is 4.74 Å². The fourth-order valence-corrected chi connectivity index (χ4v) is 6.45. The second kappa shape index (κ2) is 10.4. The molecule has 0 rings (SSSR count). The molecule has 0 saturated heterocycles. The third-order valence-electron chi connectivity index (χ3n) is 3.40. The van der Waals surface area contributed by atoms with Gasteiger partial charge in [-0.3, -0.25) is 0 Å². The van der Waals surface area contributed by atoms with Crippen molar-refractivity contribution in [1.82, 2.24) is 9.34 Å². The van der Waals surface area contributed by atoms with E-state index in [1.807, 2.05) is 13.2 Å². The zero-order chi connectivity index (χ0) is 14.7. The average Bonchev–Trinajstić information content (AvgIpc) is 2.42. The molecule has 19 heavy (non-hydrogen) atoms. The Labute approximate surface area is 120 Å². The SMILES string of the molecule is C=CC[P+](/C=C/OCC)(N(CC)CC)N(CC)CC. The van der Waals surface area contributed by atoms with Crippen LogP contribution in [0.1, 0.15) is 34.6 Å². The van der Waals surface area contributed by atoms with Crippen molar-refractivity contribution in [2.75, 3.05) is 38.9 Å². The molecule has 0 radical (unpaired) electrons. The van der Waals surface area contributed by atoms with E-state index >= 15 is 0 Å². The van der Waals surface area contributed by atoms with E-state index in [4.69, 9.17) is 4.74 Å². The Morgan fingerprint density at radius 2 is 1.42 bits per heavy atom. The lowest BCUT2D eigenvalue weighted by atomic mass is 10.7. The molecule has 112 valence electrons. The Bertz CT molecular complexity index is 249. The summed E-state index contributed by atoms with van der Waals surface area (Å²) in [6, 6.07) is 0. The van der Waals surface area contributed by atoms with Crippen molar-refractivity contribution in [2.24, 2.45) is 0 Å². The maximum absolute atomic E-state index is 5.47. The molecule has 0 aromatic heterocycles. The summed E-state index contributed by atoms with van der Waals surface area (Å²) >= 11 is 0. The molecule has 0 unspecified atom stereocenters.